The van der Waals surface area contributed by atoms with E-state index >= 15 is 0 Å². The summed E-state index contributed by atoms with van der Waals surface area (Å²) in [5.41, 5.74) is 3.24. The summed E-state index contributed by atoms with van der Waals surface area (Å²) in [6, 6.07) is 10.6. The zero-order valence-electron chi connectivity index (χ0n) is 20.6. The number of aromatic nitrogens is 3. The minimum Gasteiger partial charge on any atom is -0.451 e. The highest BCUT2D eigenvalue weighted by Gasteiger charge is 2.43. The molecule has 7 heteroatoms. The molecule has 0 radical (unpaired) electrons. The van der Waals surface area contributed by atoms with E-state index in [2.05, 4.69) is 69.9 Å². The molecule has 1 aromatic carbocycles. The molecule has 5 rings (SSSR count). The second-order valence-electron chi connectivity index (χ2n) is 9.88. The number of rotatable bonds is 10. The molecule has 2 aliphatic rings. The Labute approximate surface area is 211 Å². The van der Waals surface area contributed by atoms with Gasteiger partial charge < -0.3 is 24.5 Å². The summed E-state index contributed by atoms with van der Waals surface area (Å²) < 4.78 is 6.93. The Hall–Kier alpha value is -3.26. The van der Waals surface area contributed by atoms with E-state index in [-0.39, 0.29) is 18.1 Å². The third-order valence-corrected chi connectivity index (χ3v) is 7.55. The van der Waals surface area contributed by atoms with Gasteiger partial charge in [0.25, 0.3) is 0 Å². The average molecular weight is 487 g/mol. The van der Waals surface area contributed by atoms with Crippen LogP contribution in [0, 0.1) is 11.3 Å². The summed E-state index contributed by atoms with van der Waals surface area (Å²) >= 11 is 0. The van der Waals surface area contributed by atoms with Crippen molar-refractivity contribution in [1.82, 2.24) is 19.9 Å². The molecular formula is C29H34N4O3. The maximum atomic E-state index is 10.2. The first-order valence-electron chi connectivity index (χ1n) is 12.6. The molecule has 0 bridgehead atoms. The molecule has 0 amide bonds. The van der Waals surface area contributed by atoms with E-state index in [0.717, 1.165) is 25.0 Å². The zero-order valence-corrected chi connectivity index (χ0v) is 20.6. The quantitative estimate of drug-likeness (QED) is 0.362. The number of nitrogens with zero attached hydrogens (tertiary/aromatic N) is 3. The molecule has 3 unspecified atom stereocenters. The van der Waals surface area contributed by atoms with Gasteiger partial charge in [-0.2, -0.15) is 0 Å². The van der Waals surface area contributed by atoms with Crippen LogP contribution in [-0.2, 0) is 6.54 Å². The van der Waals surface area contributed by atoms with Gasteiger partial charge in [0.15, 0.2) is 6.39 Å². The van der Waals surface area contributed by atoms with Gasteiger partial charge in [-0.15, -0.1) is 0 Å². The molecule has 0 aliphatic heterocycles. The SMILES string of the molecule is CC(O)c1nccn1C(/C=C/C1(C2CC(NCc3cocn3)C2)C=CC(c2ccccc2)=CC1)CO. The van der Waals surface area contributed by atoms with Crippen LogP contribution in [0.4, 0.5) is 0 Å². The molecular weight excluding hydrogens is 452 g/mol. The van der Waals surface area contributed by atoms with E-state index < -0.39 is 6.10 Å². The normalized spacial score (nSPS) is 25.5. The number of nitrogens with one attached hydrogen (secondary N) is 1. The lowest BCUT2D eigenvalue weighted by molar-refractivity contribution is 0.126. The van der Waals surface area contributed by atoms with Crippen molar-refractivity contribution in [3.05, 3.63) is 103 Å². The number of oxazole rings is 1. The number of hydrogen-bond acceptors (Lipinski definition) is 6. The molecule has 188 valence electrons. The van der Waals surface area contributed by atoms with Crippen LogP contribution in [0.15, 0.2) is 90.2 Å². The van der Waals surface area contributed by atoms with Crippen LogP contribution < -0.4 is 5.32 Å². The van der Waals surface area contributed by atoms with Gasteiger partial charge in [-0.3, -0.25) is 0 Å². The van der Waals surface area contributed by atoms with Crippen molar-refractivity contribution in [2.24, 2.45) is 11.3 Å². The van der Waals surface area contributed by atoms with Crippen LogP contribution >= 0.6 is 0 Å². The van der Waals surface area contributed by atoms with Crippen LogP contribution in [0.5, 0.6) is 0 Å². The van der Waals surface area contributed by atoms with Crippen LogP contribution in [0.3, 0.4) is 0 Å². The monoisotopic (exact) mass is 486 g/mol. The lowest BCUT2D eigenvalue weighted by atomic mass is 9.60. The predicted molar refractivity (Wildman–Crippen MR) is 139 cm³/mol. The number of aliphatic hydroxyl groups excluding tert-OH is 2. The average Bonchev–Trinajstić information content (AvgIpc) is 3.57. The molecule has 3 N–H and O–H groups in total. The first-order chi connectivity index (χ1) is 17.6. The van der Waals surface area contributed by atoms with E-state index in [9.17, 15) is 10.2 Å². The molecule has 2 heterocycles. The Kier molecular flexibility index (Phi) is 7.32. The molecule has 36 heavy (non-hydrogen) atoms. The summed E-state index contributed by atoms with van der Waals surface area (Å²) in [4.78, 5) is 8.48. The van der Waals surface area contributed by atoms with Gasteiger partial charge in [0.05, 0.1) is 18.3 Å². The predicted octanol–water partition coefficient (Wildman–Crippen LogP) is 4.61. The van der Waals surface area contributed by atoms with Crippen LogP contribution in [0.1, 0.15) is 55.4 Å². The van der Waals surface area contributed by atoms with Crippen molar-refractivity contribution >= 4 is 5.57 Å². The Balaban J connectivity index is 1.35. The molecule has 0 spiro atoms. The fraction of sp³-hybridized carbons (Fsp3) is 0.379. The molecule has 2 aromatic heterocycles. The Morgan fingerprint density at radius 3 is 2.75 bits per heavy atom. The van der Waals surface area contributed by atoms with Gasteiger partial charge in [-0.05, 0) is 43.2 Å². The van der Waals surface area contributed by atoms with E-state index in [1.807, 2.05) is 16.8 Å². The van der Waals surface area contributed by atoms with Gasteiger partial charge >= 0.3 is 0 Å². The van der Waals surface area contributed by atoms with Crippen molar-refractivity contribution in [1.29, 1.82) is 0 Å². The highest BCUT2D eigenvalue weighted by molar-refractivity contribution is 5.75. The maximum Gasteiger partial charge on any atom is 0.180 e. The minimum absolute atomic E-state index is 0.0654. The number of aliphatic hydroxyl groups is 2. The smallest absolute Gasteiger partial charge is 0.180 e. The van der Waals surface area contributed by atoms with Crippen molar-refractivity contribution in [2.45, 2.75) is 50.9 Å². The van der Waals surface area contributed by atoms with E-state index in [1.165, 1.54) is 17.5 Å². The van der Waals surface area contributed by atoms with Crippen LogP contribution in [-0.4, -0.2) is 37.4 Å². The van der Waals surface area contributed by atoms with Crippen LogP contribution in [0.25, 0.3) is 5.57 Å². The second-order valence-corrected chi connectivity index (χ2v) is 9.88. The first-order valence-corrected chi connectivity index (χ1v) is 12.6. The Morgan fingerprint density at radius 1 is 1.25 bits per heavy atom. The van der Waals surface area contributed by atoms with E-state index in [0.29, 0.717) is 24.3 Å². The summed E-state index contributed by atoms with van der Waals surface area (Å²) in [6.45, 7) is 2.34. The number of benzene rings is 1. The summed E-state index contributed by atoms with van der Waals surface area (Å²) in [6.07, 6.45) is 20.2. The fourth-order valence-corrected chi connectivity index (χ4v) is 5.33. The molecule has 3 atom stereocenters. The molecule has 3 aromatic rings. The van der Waals surface area contributed by atoms with E-state index in [4.69, 9.17) is 4.42 Å². The largest absolute Gasteiger partial charge is 0.451 e. The highest BCUT2D eigenvalue weighted by Crippen LogP contribution is 2.49. The third-order valence-electron chi connectivity index (χ3n) is 7.55. The first kappa shape index (κ1) is 24.4. The van der Waals surface area contributed by atoms with E-state index in [1.54, 1.807) is 19.4 Å². The van der Waals surface area contributed by atoms with Gasteiger partial charge in [0.2, 0.25) is 0 Å². The molecule has 0 saturated heterocycles. The van der Waals surface area contributed by atoms with Crippen molar-refractivity contribution < 1.29 is 14.6 Å². The Bertz CT molecular complexity index is 1210. The Morgan fingerprint density at radius 2 is 2.08 bits per heavy atom. The molecule has 2 aliphatic carbocycles. The molecule has 1 fully saturated rings. The number of hydrogen-bond donors (Lipinski definition) is 3. The topological polar surface area (TPSA) is 96.3 Å². The summed E-state index contributed by atoms with van der Waals surface area (Å²) in [5, 5.41) is 23.9. The van der Waals surface area contributed by atoms with Gasteiger partial charge in [0.1, 0.15) is 18.2 Å². The van der Waals surface area contributed by atoms with Crippen LogP contribution in [0.2, 0.25) is 0 Å². The lowest BCUT2D eigenvalue weighted by Gasteiger charge is -2.47. The van der Waals surface area contributed by atoms with Crippen molar-refractivity contribution in [3.63, 3.8) is 0 Å². The summed E-state index contributed by atoms with van der Waals surface area (Å²) in [5.74, 6) is 1.03. The zero-order chi connectivity index (χ0) is 25.0. The van der Waals surface area contributed by atoms with Gasteiger partial charge in [-0.1, -0.05) is 60.7 Å². The standard InChI is InChI=1S/C29H34N4O3/c1-21(35)28-30-13-14-33(28)27(18-34)9-12-29(10-7-23(8-11-29)22-5-3-2-4-6-22)24-15-25(16-24)31-17-26-19-36-20-32-26/h2-10,12-14,19-21,24-25,27,31,34-35H,11,15-18H2,1H3/b12-9+. The van der Waals surface area contributed by atoms with Crippen molar-refractivity contribution in [2.75, 3.05) is 6.61 Å². The number of imidazole rings is 1. The minimum atomic E-state index is -0.703. The molecule has 7 nitrogen and oxygen atoms in total. The second kappa shape index (κ2) is 10.8. The fourth-order valence-electron chi connectivity index (χ4n) is 5.33. The molecule has 1 saturated carbocycles. The maximum absolute atomic E-state index is 10.2. The van der Waals surface area contributed by atoms with Gasteiger partial charge in [0, 0.05) is 30.4 Å². The third kappa shape index (κ3) is 5.14. The van der Waals surface area contributed by atoms with Gasteiger partial charge in [-0.25, -0.2) is 9.97 Å². The lowest BCUT2D eigenvalue weighted by Crippen LogP contribution is -2.47. The number of allylic oxidation sites excluding steroid dienone is 5. The highest BCUT2D eigenvalue weighted by atomic mass is 16.3. The summed E-state index contributed by atoms with van der Waals surface area (Å²) in [7, 11) is 0. The van der Waals surface area contributed by atoms with Crippen molar-refractivity contribution in [3.8, 4) is 0 Å².